The number of hydrogen-bond acceptors (Lipinski definition) is 4. The van der Waals surface area contributed by atoms with Gasteiger partial charge >= 0.3 is 0 Å². The number of amides is 2. The maximum absolute atomic E-state index is 12.7. The summed E-state index contributed by atoms with van der Waals surface area (Å²) in [6, 6.07) is 10.0. The summed E-state index contributed by atoms with van der Waals surface area (Å²) in [6.07, 6.45) is 9.04. The third-order valence-corrected chi connectivity index (χ3v) is 5.94. The number of hydrogen-bond donors (Lipinski definition) is 1. The summed E-state index contributed by atoms with van der Waals surface area (Å²) in [5.41, 5.74) is 5.06. The van der Waals surface area contributed by atoms with Crippen molar-refractivity contribution in [2.45, 2.75) is 26.2 Å². The molecule has 0 fully saturated rings. The summed E-state index contributed by atoms with van der Waals surface area (Å²) in [4.78, 5) is 30.2. The van der Waals surface area contributed by atoms with Gasteiger partial charge in [-0.05, 0) is 54.7 Å². The third-order valence-electron chi connectivity index (χ3n) is 5.94. The zero-order chi connectivity index (χ0) is 21.4. The van der Waals surface area contributed by atoms with Crippen molar-refractivity contribution in [3.63, 3.8) is 0 Å². The van der Waals surface area contributed by atoms with Crippen LogP contribution in [-0.4, -0.2) is 34.8 Å². The summed E-state index contributed by atoms with van der Waals surface area (Å²) < 4.78 is 6.07. The van der Waals surface area contributed by atoms with E-state index >= 15 is 0 Å². The van der Waals surface area contributed by atoms with Gasteiger partial charge in [-0.2, -0.15) is 0 Å². The van der Waals surface area contributed by atoms with Gasteiger partial charge in [0.15, 0.2) is 0 Å². The molecular formula is C25H23N3O3. The summed E-state index contributed by atoms with van der Waals surface area (Å²) in [5, 5.41) is 3.91. The van der Waals surface area contributed by atoms with E-state index in [9.17, 15) is 9.59 Å². The van der Waals surface area contributed by atoms with Crippen molar-refractivity contribution in [1.82, 2.24) is 9.88 Å². The number of anilines is 1. The Bertz CT molecular complexity index is 1250. The monoisotopic (exact) mass is 413 g/mol. The van der Waals surface area contributed by atoms with Crippen LogP contribution in [0.2, 0.25) is 0 Å². The highest BCUT2D eigenvalue weighted by atomic mass is 16.3. The number of aryl methyl sites for hydroxylation is 2. The van der Waals surface area contributed by atoms with Crippen LogP contribution in [0, 0.1) is 6.92 Å². The van der Waals surface area contributed by atoms with E-state index in [-0.39, 0.29) is 11.8 Å². The fraction of sp³-hybridized carbons (Fsp3) is 0.240. The molecule has 0 radical (unpaired) electrons. The van der Waals surface area contributed by atoms with Gasteiger partial charge in [-0.15, -0.1) is 0 Å². The van der Waals surface area contributed by atoms with Gasteiger partial charge in [0, 0.05) is 42.7 Å². The van der Waals surface area contributed by atoms with E-state index in [0.717, 1.165) is 45.4 Å². The number of nitrogens with zero attached hydrogens (tertiary/aromatic N) is 2. The van der Waals surface area contributed by atoms with E-state index in [4.69, 9.17) is 4.42 Å². The summed E-state index contributed by atoms with van der Waals surface area (Å²) in [5.74, 6) is 1.52. The molecule has 0 saturated carbocycles. The predicted octanol–water partition coefficient (Wildman–Crippen LogP) is 4.35. The highest BCUT2D eigenvalue weighted by Gasteiger charge is 2.21. The number of benzene rings is 1. The zero-order valence-corrected chi connectivity index (χ0v) is 17.4. The summed E-state index contributed by atoms with van der Waals surface area (Å²) >= 11 is 0. The normalized spacial score (nSPS) is 16.4. The van der Waals surface area contributed by atoms with Crippen LogP contribution in [0.5, 0.6) is 0 Å². The standard InChI is InChI=1S/C25H23N3O3/c1-16-20-4-2-3-5-21(20)31-24(16)18-10-12-28(13-11-18)23(30)9-6-17-14-19-7-8-22(29)27-25(19)26-15-17/h2-6,9-10,14-15H,7-8,11-13H2,1H3,(H,26,27,29). The van der Waals surface area contributed by atoms with Crippen LogP contribution in [0.15, 0.2) is 53.1 Å². The van der Waals surface area contributed by atoms with Gasteiger partial charge in [0.2, 0.25) is 11.8 Å². The third kappa shape index (κ3) is 3.77. The predicted molar refractivity (Wildman–Crippen MR) is 120 cm³/mol. The highest BCUT2D eigenvalue weighted by Crippen LogP contribution is 2.32. The second kappa shape index (κ2) is 7.87. The molecule has 0 spiro atoms. The van der Waals surface area contributed by atoms with Crippen LogP contribution in [0.25, 0.3) is 22.6 Å². The Balaban J connectivity index is 1.27. The van der Waals surface area contributed by atoms with E-state index in [1.165, 1.54) is 0 Å². The topological polar surface area (TPSA) is 75.4 Å². The molecule has 6 nitrogen and oxygen atoms in total. The zero-order valence-electron chi connectivity index (χ0n) is 17.4. The molecule has 0 atom stereocenters. The van der Waals surface area contributed by atoms with Gasteiger partial charge in [0.05, 0.1) is 0 Å². The van der Waals surface area contributed by atoms with E-state index < -0.39 is 0 Å². The molecule has 5 rings (SSSR count). The maximum atomic E-state index is 12.7. The lowest BCUT2D eigenvalue weighted by molar-refractivity contribution is -0.125. The number of rotatable bonds is 3. The first-order chi connectivity index (χ1) is 15.1. The Morgan fingerprint density at radius 2 is 2.10 bits per heavy atom. The molecular weight excluding hydrogens is 390 g/mol. The lowest BCUT2D eigenvalue weighted by Crippen LogP contribution is -2.33. The number of carbonyl (C=O) groups is 2. The van der Waals surface area contributed by atoms with Gasteiger partial charge in [0.1, 0.15) is 17.2 Å². The van der Waals surface area contributed by atoms with E-state index in [1.807, 2.05) is 29.2 Å². The average molecular weight is 413 g/mol. The Labute approximate surface area is 180 Å². The van der Waals surface area contributed by atoms with Crippen LogP contribution >= 0.6 is 0 Å². The molecule has 0 bridgehead atoms. The van der Waals surface area contributed by atoms with E-state index in [1.54, 1.807) is 18.3 Å². The van der Waals surface area contributed by atoms with Crippen molar-refractivity contribution in [1.29, 1.82) is 0 Å². The lowest BCUT2D eigenvalue weighted by Gasteiger charge is -2.25. The fourth-order valence-corrected chi connectivity index (χ4v) is 4.19. The second-order valence-electron chi connectivity index (χ2n) is 7.97. The van der Waals surface area contributed by atoms with Gasteiger partial charge in [-0.25, -0.2) is 4.98 Å². The van der Waals surface area contributed by atoms with Crippen molar-refractivity contribution >= 4 is 40.3 Å². The van der Waals surface area contributed by atoms with Gasteiger partial charge in [0.25, 0.3) is 0 Å². The van der Waals surface area contributed by atoms with Crippen LogP contribution in [0.1, 0.15) is 35.3 Å². The quantitative estimate of drug-likeness (QED) is 0.648. The Kier molecular flexibility index (Phi) is 4.90. The first-order valence-electron chi connectivity index (χ1n) is 10.5. The average Bonchev–Trinajstić information content (AvgIpc) is 3.14. The van der Waals surface area contributed by atoms with Crippen molar-refractivity contribution < 1.29 is 14.0 Å². The molecule has 2 aliphatic heterocycles. The van der Waals surface area contributed by atoms with Gasteiger partial charge < -0.3 is 14.6 Å². The van der Waals surface area contributed by atoms with Crippen LogP contribution < -0.4 is 5.32 Å². The first kappa shape index (κ1) is 19.3. The SMILES string of the molecule is Cc1c(C2=CCN(C(=O)C=Cc3cnc4c(c3)CCC(=O)N4)CC2)oc2ccccc12. The minimum Gasteiger partial charge on any atom is -0.456 e. The fourth-order valence-electron chi connectivity index (χ4n) is 4.19. The number of pyridine rings is 1. The second-order valence-corrected chi connectivity index (χ2v) is 7.97. The first-order valence-corrected chi connectivity index (χ1v) is 10.5. The van der Waals surface area contributed by atoms with E-state index in [2.05, 4.69) is 29.4 Å². The molecule has 0 aliphatic carbocycles. The molecule has 0 saturated heterocycles. The number of para-hydroxylation sites is 1. The van der Waals surface area contributed by atoms with Crippen molar-refractivity contribution in [3.05, 3.63) is 71.1 Å². The van der Waals surface area contributed by atoms with Crippen LogP contribution in [0.4, 0.5) is 5.82 Å². The molecule has 6 heteroatoms. The number of fused-ring (bicyclic) bond motifs is 2. The minimum absolute atomic E-state index is 0.00571. The molecule has 2 aliphatic rings. The molecule has 31 heavy (non-hydrogen) atoms. The molecule has 2 aromatic heterocycles. The number of carbonyl (C=O) groups excluding carboxylic acids is 2. The van der Waals surface area contributed by atoms with Crippen LogP contribution in [-0.2, 0) is 16.0 Å². The van der Waals surface area contributed by atoms with Crippen molar-refractivity contribution in [3.8, 4) is 0 Å². The minimum atomic E-state index is -0.0253. The number of furan rings is 1. The van der Waals surface area contributed by atoms with Gasteiger partial charge in [-0.1, -0.05) is 24.3 Å². The molecule has 2 amide bonds. The van der Waals surface area contributed by atoms with Crippen molar-refractivity contribution in [2.75, 3.05) is 18.4 Å². The molecule has 156 valence electrons. The molecule has 4 heterocycles. The number of aromatic nitrogens is 1. The van der Waals surface area contributed by atoms with Crippen LogP contribution in [0.3, 0.4) is 0 Å². The molecule has 3 aromatic rings. The lowest BCUT2D eigenvalue weighted by atomic mass is 10.0. The molecule has 1 N–H and O–H groups in total. The maximum Gasteiger partial charge on any atom is 0.246 e. The molecule has 0 unspecified atom stereocenters. The largest absolute Gasteiger partial charge is 0.456 e. The van der Waals surface area contributed by atoms with Crippen molar-refractivity contribution in [2.24, 2.45) is 0 Å². The van der Waals surface area contributed by atoms with E-state index in [0.29, 0.717) is 31.7 Å². The number of nitrogens with one attached hydrogen (secondary N) is 1. The van der Waals surface area contributed by atoms with Gasteiger partial charge in [-0.3, -0.25) is 9.59 Å². The Morgan fingerprint density at radius 1 is 1.23 bits per heavy atom. The summed E-state index contributed by atoms with van der Waals surface area (Å²) in [6.45, 7) is 3.30. The Hall–Kier alpha value is -3.67. The molecule has 1 aromatic carbocycles. The summed E-state index contributed by atoms with van der Waals surface area (Å²) in [7, 11) is 0. The smallest absolute Gasteiger partial charge is 0.246 e. The Morgan fingerprint density at radius 3 is 2.90 bits per heavy atom. The highest BCUT2D eigenvalue weighted by molar-refractivity contribution is 5.94.